The summed E-state index contributed by atoms with van der Waals surface area (Å²) >= 11 is 0. The van der Waals surface area contributed by atoms with Crippen molar-refractivity contribution in [3.8, 4) is 17.2 Å². The molecular formula is C23H22N4O5. The maximum Gasteiger partial charge on any atom is 0.274 e. The van der Waals surface area contributed by atoms with Crippen LogP contribution in [-0.2, 0) is 0 Å². The third kappa shape index (κ3) is 5.39. The van der Waals surface area contributed by atoms with Crippen LogP contribution in [0.4, 0.5) is 5.69 Å². The van der Waals surface area contributed by atoms with Crippen molar-refractivity contribution in [1.82, 2.24) is 10.4 Å². The average Bonchev–Trinajstić information content (AvgIpc) is 2.84. The smallest absolute Gasteiger partial charge is 0.274 e. The number of ether oxygens (including phenoxy) is 3. The molecule has 0 aliphatic heterocycles. The molecule has 0 atom stereocenters. The number of nitrogens with zero attached hydrogens (tertiary/aromatic N) is 2. The fraction of sp³-hybridized carbons (Fsp3) is 0.130. The summed E-state index contributed by atoms with van der Waals surface area (Å²) in [4.78, 5) is 28.5. The minimum atomic E-state index is -0.406. The number of hydrazone groups is 1. The Morgan fingerprint density at radius 3 is 2.16 bits per heavy atom. The third-order valence-corrected chi connectivity index (χ3v) is 4.37. The normalized spacial score (nSPS) is 10.5. The van der Waals surface area contributed by atoms with E-state index in [1.165, 1.54) is 27.5 Å². The van der Waals surface area contributed by atoms with E-state index in [-0.39, 0.29) is 5.91 Å². The van der Waals surface area contributed by atoms with Crippen molar-refractivity contribution in [3.63, 3.8) is 0 Å². The standard InChI is InChI=1S/C23H22N4O5/c1-30-19-12-15(13-20(31-2)21(19)32-3)14-25-27-22(28)16-7-9-17(10-8-16)26-23(29)18-6-4-5-11-24-18/h4-14H,1-3H3,(H,26,29)(H,27,28)/b25-14+. The fourth-order valence-corrected chi connectivity index (χ4v) is 2.80. The molecule has 1 heterocycles. The predicted octanol–water partition coefficient (Wildman–Crippen LogP) is 3.12. The van der Waals surface area contributed by atoms with Crippen LogP contribution in [0.2, 0.25) is 0 Å². The third-order valence-electron chi connectivity index (χ3n) is 4.37. The molecule has 2 amide bonds. The number of hydrogen-bond acceptors (Lipinski definition) is 7. The largest absolute Gasteiger partial charge is 0.493 e. The van der Waals surface area contributed by atoms with E-state index in [0.717, 1.165) is 0 Å². The van der Waals surface area contributed by atoms with Gasteiger partial charge in [-0.25, -0.2) is 5.43 Å². The molecule has 3 aromatic rings. The van der Waals surface area contributed by atoms with E-state index in [2.05, 4.69) is 20.8 Å². The zero-order valence-corrected chi connectivity index (χ0v) is 17.8. The van der Waals surface area contributed by atoms with Crippen LogP contribution in [-0.4, -0.2) is 44.3 Å². The van der Waals surface area contributed by atoms with Crippen molar-refractivity contribution in [2.45, 2.75) is 0 Å². The molecule has 0 aliphatic rings. The predicted molar refractivity (Wildman–Crippen MR) is 120 cm³/mol. The lowest BCUT2D eigenvalue weighted by Crippen LogP contribution is -2.18. The highest BCUT2D eigenvalue weighted by molar-refractivity contribution is 6.03. The van der Waals surface area contributed by atoms with Gasteiger partial charge in [-0.15, -0.1) is 0 Å². The number of carbonyl (C=O) groups excluding carboxylic acids is 2. The molecule has 0 spiro atoms. The Labute approximate surface area is 185 Å². The molecule has 0 radical (unpaired) electrons. The Morgan fingerprint density at radius 2 is 1.59 bits per heavy atom. The number of nitrogens with one attached hydrogen (secondary N) is 2. The quantitative estimate of drug-likeness (QED) is 0.416. The first-order chi connectivity index (χ1) is 15.5. The lowest BCUT2D eigenvalue weighted by Gasteiger charge is -2.12. The molecule has 0 saturated carbocycles. The minimum absolute atomic E-state index is 0.301. The topological polar surface area (TPSA) is 111 Å². The average molecular weight is 434 g/mol. The molecule has 0 fully saturated rings. The number of carbonyl (C=O) groups is 2. The van der Waals surface area contributed by atoms with Crippen molar-refractivity contribution >= 4 is 23.7 Å². The molecule has 0 saturated heterocycles. The van der Waals surface area contributed by atoms with E-state index >= 15 is 0 Å². The lowest BCUT2D eigenvalue weighted by atomic mass is 10.2. The maximum atomic E-state index is 12.3. The Morgan fingerprint density at radius 1 is 0.906 bits per heavy atom. The highest BCUT2D eigenvalue weighted by Crippen LogP contribution is 2.37. The van der Waals surface area contributed by atoms with Gasteiger partial charge < -0.3 is 19.5 Å². The van der Waals surface area contributed by atoms with E-state index < -0.39 is 5.91 Å². The Balaban J connectivity index is 1.63. The number of pyridine rings is 1. The Kier molecular flexibility index (Phi) is 7.37. The number of amides is 2. The highest BCUT2D eigenvalue weighted by Gasteiger charge is 2.12. The number of methoxy groups -OCH3 is 3. The highest BCUT2D eigenvalue weighted by atomic mass is 16.5. The zero-order chi connectivity index (χ0) is 22.9. The second-order valence-electron chi connectivity index (χ2n) is 6.40. The van der Waals surface area contributed by atoms with Gasteiger partial charge in [0.15, 0.2) is 11.5 Å². The first kappa shape index (κ1) is 22.3. The molecule has 0 bridgehead atoms. The second-order valence-corrected chi connectivity index (χ2v) is 6.40. The SMILES string of the molecule is COc1cc(/C=N/NC(=O)c2ccc(NC(=O)c3ccccn3)cc2)cc(OC)c1OC. The van der Waals surface area contributed by atoms with E-state index in [0.29, 0.717) is 39.8 Å². The van der Waals surface area contributed by atoms with Crippen molar-refractivity contribution < 1.29 is 23.8 Å². The molecule has 3 rings (SSSR count). The van der Waals surface area contributed by atoms with Crippen LogP contribution in [0.1, 0.15) is 26.4 Å². The van der Waals surface area contributed by atoms with Crippen LogP contribution in [0.5, 0.6) is 17.2 Å². The molecule has 2 aromatic carbocycles. The fourth-order valence-electron chi connectivity index (χ4n) is 2.80. The molecule has 0 aliphatic carbocycles. The van der Waals surface area contributed by atoms with Crippen molar-refractivity contribution in [2.24, 2.45) is 5.10 Å². The van der Waals surface area contributed by atoms with Gasteiger partial charge in [0.2, 0.25) is 5.75 Å². The van der Waals surface area contributed by atoms with Gasteiger partial charge in [-0.2, -0.15) is 5.10 Å². The summed E-state index contributed by atoms with van der Waals surface area (Å²) in [5.41, 5.74) is 4.32. The van der Waals surface area contributed by atoms with Crippen LogP contribution >= 0.6 is 0 Å². The first-order valence-electron chi connectivity index (χ1n) is 9.51. The summed E-state index contributed by atoms with van der Waals surface area (Å²) in [7, 11) is 4.55. The van der Waals surface area contributed by atoms with Gasteiger partial charge in [-0.3, -0.25) is 14.6 Å². The van der Waals surface area contributed by atoms with Gasteiger partial charge in [-0.05, 0) is 48.5 Å². The summed E-state index contributed by atoms with van der Waals surface area (Å²) < 4.78 is 15.9. The van der Waals surface area contributed by atoms with Crippen LogP contribution in [0.3, 0.4) is 0 Å². The van der Waals surface area contributed by atoms with Crippen molar-refractivity contribution in [3.05, 3.63) is 77.6 Å². The minimum Gasteiger partial charge on any atom is -0.493 e. The van der Waals surface area contributed by atoms with E-state index in [1.54, 1.807) is 60.8 Å². The lowest BCUT2D eigenvalue weighted by molar-refractivity contribution is 0.0954. The van der Waals surface area contributed by atoms with Gasteiger partial charge in [0, 0.05) is 23.0 Å². The first-order valence-corrected chi connectivity index (χ1v) is 9.51. The van der Waals surface area contributed by atoms with Gasteiger partial charge >= 0.3 is 0 Å². The van der Waals surface area contributed by atoms with Crippen LogP contribution < -0.4 is 25.0 Å². The van der Waals surface area contributed by atoms with Crippen LogP contribution in [0, 0.1) is 0 Å². The number of aromatic nitrogens is 1. The molecule has 164 valence electrons. The van der Waals surface area contributed by atoms with Gasteiger partial charge in [0.25, 0.3) is 11.8 Å². The van der Waals surface area contributed by atoms with Crippen LogP contribution in [0.25, 0.3) is 0 Å². The molecule has 0 unspecified atom stereocenters. The molecular weight excluding hydrogens is 412 g/mol. The number of rotatable bonds is 8. The molecule has 2 N–H and O–H groups in total. The van der Waals surface area contributed by atoms with Gasteiger partial charge in [-0.1, -0.05) is 6.07 Å². The monoisotopic (exact) mass is 434 g/mol. The Bertz CT molecular complexity index is 1090. The number of hydrogen-bond donors (Lipinski definition) is 2. The van der Waals surface area contributed by atoms with Gasteiger partial charge in [0.1, 0.15) is 5.69 Å². The second kappa shape index (κ2) is 10.6. The van der Waals surface area contributed by atoms with Crippen LogP contribution in [0.15, 0.2) is 65.9 Å². The molecule has 1 aromatic heterocycles. The maximum absolute atomic E-state index is 12.3. The van der Waals surface area contributed by atoms with Crippen molar-refractivity contribution in [1.29, 1.82) is 0 Å². The summed E-state index contributed by atoms with van der Waals surface area (Å²) in [5.74, 6) is 0.673. The number of anilines is 1. The van der Waals surface area contributed by atoms with Crippen molar-refractivity contribution in [2.75, 3.05) is 26.6 Å². The zero-order valence-electron chi connectivity index (χ0n) is 17.8. The number of benzene rings is 2. The van der Waals surface area contributed by atoms with E-state index in [4.69, 9.17) is 14.2 Å². The Hall–Kier alpha value is -4.40. The van der Waals surface area contributed by atoms with E-state index in [9.17, 15) is 9.59 Å². The summed E-state index contributed by atoms with van der Waals surface area (Å²) in [6, 6.07) is 14.9. The summed E-state index contributed by atoms with van der Waals surface area (Å²) in [6.45, 7) is 0. The molecule has 9 nitrogen and oxygen atoms in total. The summed E-state index contributed by atoms with van der Waals surface area (Å²) in [5, 5.41) is 6.70. The summed E-state index contributed by atoms with van der Waals surface area (Å²) in [6.07, 6.45) is 3.00. The van der Waals surface area contributed by atoms with Gasteiger partial charge in [0.05, 0.1) is 27.5 Å². The molecule has 9 heteroatoms. The van der Waals surface area contributed by atoms with E-state index in [1.807, 2.05) is 0 Å². The molecule has 32 heavy (non-hydrogen) atoms.